The van der Waals surface area contributed by atoms with Gasteiger partial charge in [-0.3, -0.25) is 0 Å². The van der Waals surface area contributed by atoms with Crippen molar-refractivity contribution in [2.24, 2.45) is 5.92 Å². The van der Waals surface area contributed by atoms with Crippen molar-refractivity contribution in [1.29, 1.82) is 0 Å². The van der Waals surface area contributed by atoms with Crippen LogP contribution in [0.15, 0.2) is 18.2 Å². The fraction of sp³-hybridized carbons (Fsp3) is 0.647. The molecule has 2 aliphatic rings. The van der Waals surface area contributed by atoms with E-state index in [2.05, 4.69) is 10.6 Å². The lowest BCUT2D eigenvalue weighted by atomic mass is 9.88. The lowest BCUT2D eigenvalue weighted by Crippen LogP contribution is -2.44. The number of nitrogens with one attached hydrogen (secondary N) is 2. The van der Waals surface area contributed by atoms with Crippen LogP contribution in [-0.4, -0.2) is 30.8 Å². The lowest BCUT2D eigenvalue weighted by molar-refractivity contribution is 0.286. The zero-order valence-electron chi connectivity index (χ0n) is 12.8. The van der Waals surface area contributed by atoms with E-state index in [0.29, 0.717) is 23.8 Å². The third-order valence-corrected chi connectivity index (χ3v) is 4.97. The van der Waals surface area contributed by atoms with E-state index in [1.54, 1.807) is 13.2 Å². The molecule has 1 aromatic carbocycles. The Morgan fingerprint density at radius 1 is 1.19 bits per heavy atom. The van der Waals surface area contributed by atoms with E-state index in [0.717, 1.165) is 12.2 Å². The molecule has 0 aromatic heterocycles. The highest BCUT2D eigenvalue weighted by atomic mass is 16.5. The largest absolute Gasteiger partial charge is 0.504 e. The monoisotopic (exact) mass is 290 g/mol. The quantitative estimate of drug-likeness (QED) is 0.797. The molecule has 2 fully saturated rings. The summed E-state index contributed by atoms with van der Waals surface area (Å²) in [4.78, 5) is 0. The summed E-state index contributed by atoms with van der Waals surface area (Å²) in [5, 5.41) is 17.2. The van der Waals surface area contributed by atoms with Gasteiger partial charge in [-0.15, -0.1) is 0 Å². The maximum Gasteiger partial charge on any atom is 0.160 e. The zero-order valence-corrected chi connectivity index (χ0v) is 12.8. The zero-order chi connectivity index (χ0) is 14.7. The number of anilines is 1. The van der Waals surface area contributed by atoms with Gasteiger partial charge in [-0.05, 0) is 50.3 Å². The molecule has 3 unspecified atom stereocenters. The molecule has 1 aliphatic heterocycles. The Labute approximate surface area is 126 Å². The van der Waals surface area contributed by atoms with Crippen molar-refractivity contribution in [2.75, 3.05) is 19.0 Å². The first-order valence-electron chi connectivity index (χ1n) is 8.15. The molecule has 1 saturated heterocycles. The first-order chi connectivity index (χ1) is 10.3. The highest BCUT2D eigenvalue weighted by Crippen LogP contribution is 2.35. The van der Waals surface area contributed by atoms with Crippen molar-refractivity contribution >= 4 is 5.69 Å². The molecule has 0 radical (unpaired) electrons. The van der Waals surface area contributed by atoms with Gasteiger partial charge in [0.05, 0.1) is 7.11 Å². The SMILES string of the molecule is COc1ccc(NC2CCCC2C2CCCCN2)cc1O. The van der Waals surface area contributed by atoms with Crippen LogP contribution in [0.4, 0.5) is 5.69 Å². The fourth-order valence-corrected chi connectivity index (χ4v) is 3.89. The van der Waals surface area contributed by atoms with Crippen molar-refractivity contribution < 1.29 is 9.84 Å². The first-order valence-corrected chi connectivity index (χ1v) is 8.15. The molecule has 0 amide bonds. The predicted molar refractivity (Wildman–Crippen MR) is 85.1 cm³/mol. The topological polar surface area (TPSA) is 53.5 Å². The minimum atomic E-state index is 0.202. The summed E-state index contributed by atoms with van der Waals surface area (Å²) in [6.07, 6.45) is 7.78. The molecule has 1 saturated carbocycles. The maximum atomic E-state index is 9.90. The average molecular weight is 290 g/mol. The van der Waals surface area contributed by atoms with Crippen molar-refractivity contribution in [3.8, 4) is 11.5 Å². The van der Waals surface area contributed by atoms with E-state index in [9.17, 15) is 5.11 Å². The van der Waals surface area contributed by atoms with E-state index in [1.165, 1.54) is 38.5 Å². The highest BCUT2D eigenvalue weighted by molar-refractivity contribution is 5.54. The number of phenolic OH excluding ortho intramolecular Hbond substituents is 1. The predicted octanol–water partition coefficient (Wildman–Crippen LogP) is 3.12. The van der Waals surface area contributed by atoms with E-state index in [-0.39, 0.29) is 5.75 Å². The number of rotatable bonds is 4. The molecule has 4 nitrogen and oxygen atoms in total. The van der Waals surface area contributed by atoms with E-state index in [1.807, 2.05) is 12.1 Å². The van der Waals surface area contributed by atoms with E-state index >= 15 is 0 Å². The fourth-order valence-electron chi connectivity index (χ4n) is 3.89. The Balaban J connectivity index is 1.66. The summed E-state index contributed by atoms with van der Waals surface area (Å²) in [6, 6.07) is 6.74. The summed E-state index contributed by atoms with van der Waals surface area (Å²) in [7, 11) is 1.57. The van der Waals surface area contributed by atoms with Crippen molar-refractivity contribution in [1.82, 2.24) is 5.32 Å². The van der Waals surface area contributed by atoms with Gasteiger partial charge in [0.25, 0.3) is 0 Å². The second-order valence-corrected chi connectivity index (χ2v) is 6.29. The smallest absolute Gasteiger partial charge is 0.160 e. The van der Waals surface area contributed by atoms with Gasteiger partial charge in [-0.2, -0.15) is 0 Å². The summed E-state index contributed by atoms with van der Waals surface area (Å²) >= 11 is 0. The van der Waals surface area contributed by atoms with Crippen LogP contribution in [0.1, 0.15) is 38.5 Å². The molecule has 1 heterocycles. The van der Waals surface area contributed by atoms with Crippen molar-refractivity contribution in [2.45, 2.75) is 50.6 Å². The van der Waals surface area contributed by atoms with Gasteiger partial charge in [0.1, 0.15) is 0 Å². The molecule has 3 rings (SSSR count). The minimum Gasteiger partial charge on any atom is -0.504 e. The van der Waals surface area contributed by atoms with Crippen LogP contribution >= 0.6 is 0 Å². The van der Waals surface area contributed by atoms with Gasteiger partial charge >= 0.3 is 0 Å². The van der Waals surface area contributed by atoms with Crippen LogP contribution in [0.5, 0.6) is 11.5 Å². The number of aromatic hydroxyl groups is 1. The molecule has 1 aliphatic carbocycles. The molecule has 4 heteroatoms. The number of ether oxygens (including phenoxy) is 1. The first kappa shape index (κ1) is 14.5. The number of hydrogen-bond acceptors (Lipinski definition) is 4. The van der Waals surface area contributed by atoms with Gasteiger partial charge in [0.15, 0.2) is 11.5 Å². The molecule has 0 spiro atoms. The molecule has 3 N–H and O–H groups in total. The normalized spacial score (nSPS) is 29.3. The molecule has 21 heavy (non-hydrogen) atoms. The summed E-state index contributed by atoms with van der Waals surface area (Å²) in [5.41, 5.74) is 0.987. The number of piperidine rings is 1. The second kappa shape index (κ2) is 6.56. The Morgan fingerprint density at radius 3 is 2.81 bits per heavy atom. The Bertz CT molecular complexity index is 472. The molecule has 3 atom stereocenters. The van der Waals surface area contributed by atoms with Crippen LogP contribution in [-0.2, 0) is 0 Å². The van der Waals surface area contributed by atoms with Crippen LogP contribution in [0.3, 0.4) is 0 Å². The van der Waals surface area contributed by atoms with Crippen LogP contribution < -0.4 is 15.4 Å². The molecular weight excluding hydrogens is 264 g/mol. The third-order valence-electron chi connectivity index (χ3n) is 4.97. The molecule has 0 bridgehead atoms. The molecule has 1 aromatic rings. The number of phenols is 1. The average Bonchev–Trinajstić information content (AvgIpc) is 2.96. The van der Waals surface area contributed by atoms with Crippen LogP contribution in [0, 0.1) is 5.92 Å². The van der Waals surface area contributed by atoms with Crippen molar-refractivity contribution in [3.05, 3.63) is 18.2 Å². The van der Waals surface area contributed by atoms with E-state index in [4.69, 9.17) is 4.74 Å². The maximum absolute atomic E-state index is 9.90. The van der Waals surface area contributed by atoms with Crippen LogP contribution in [0.2, 0.25) is 0 Å². The number of methoxy groups -OCH3 is 1. The number of hydrogen-bond donors (Lipinski definition) is 3. The van der Waals surface area contributed by atoms with Gasteiger partial charge in [0, 0.05) is 23.8 Å². The van der Waals surface area contributed by atoms with Crippen LogP contribution in [0.25, 0.3) is 0 Å². The highest BCUT2D eigenvalue weighted by Gasteiger charge is 2.34. The number of benzene rings is 1. The van der Waals surface area contributed by atoms with Gasteiger partial charge in [0.2, 0.25) is 0 Å². The summed E-state index contributed by atoms with van der Waals surface area (Å²) < 4.78 is 5.10. The van der Waals surface area contributed by atoms with Gasteiger partial charge < -0.3 is 20.5 Å². The van der Waals surface area contributed by atoms with Crippen molar-refractivity contribution in [3.63, 3.8) is 0 Å². The minimum absolute atomic E-state index is 0.202. The van der Waals surface area contributed by atoms with Gasteiger partial charge in [-0.1, -0.05) is 12.8 Å². The lowest BCUT2D eigenvalue weighted by Gasteiger charge is -2.33. The summed E-state index contributed by atoms with van der Waals surface area (Å²) in [6.45, 7) is 1.16. The Kier molecular flexibility index (Phi) is 4.54. The Morgan fingerprint density at radius 2 is 2.10 bits per heavy atom. The molecule has 116 valence electrons. The Hall–Kier alpha value is -1.42. The summed E-state index contributed by atoms with van der Waals surface area (Å²) in [5.74, 6) is 1.43. The van der Waals surface area contributed by atoms with E-state index < -0.39 is 0 Å². The van der Waals surface area contributed by atoms with Gasteiger partial charge in [-0.25, -0.2) is 0 Å². The third kappa shape index (κ3) is 3.26. The standard InChI is InChI=1S/C17H26N2O2/c1-21-17-9-8-12(11-16(17)20)19-15-7-4-5-13(15)14-6-2-3-10-18-14/h8-9,11,13-15,18-20H,2-7,10H2,1H3. The molecular formula is C17H26N2O2. The second-order valence-electron chi connectivity index (χ2n) is 6.29.